The number of benzene rings is 1. The number of anilines is 1. The number of carbonyl (C=O) groups excluding carboxylic acids is 1. The number of aromatic hydroxyl groups is 1. The molecule has 0 radical (unpaired) electrons. The number of amides is 1. The standard InChI is InChI=1S/C13H12F3N3O2/c1-7-2-3-9(10(20)4-7)11(21)19-12-17-6-8(18-12)5-13(14,15)16/h2-4,6,20H,5H2,1H3,(H2,17,18,19,21). The molecule has 0 bridgehead atoms. The molecule has 0 aliphatic carbocycles. The molecule has 0 saturated heterocycles. The number of nitrogens with one attached hydrogen (secondary N) is 2. The Kier molecular flexibility index (Phi) is 3.88. The largest absolute Gasteiger partial charge is 0.507 e. The zero-order valence-corrected chi connectivity index (χ0v) is 11.0. The van der Waals surface area contributed by atoms with Crippen LogP contribution < -0.4 is 5.32 Å². The molecule has 8 heteroatoms. The van der Waals surface area contributed by atoms with Crippen LogP contribution in [0.1, 0.15) is 21.6 Å². The predicted molar refractivity (Wildman–Crippen MR) is 69.1 cm³/mol. The smallest absolute Gasteiger partial charge is 0.394 e. The normalized spacial score (nSPS) is 11.4. The van der Waals surface area contributed by atoms with Crippen LogP contribution in [0.15, 0.2) is 24.4 Å². The van der Waals surface area contributed by atoms with Crippen molar-refractivity contribution in [3.8, 4) is 5.75 Å². The maximum Gasteiger partial charge on any atom is 0.394 e. The fraction of sp³-hybridized carbons (Fsp3) is 0.231. The third-order valence-electron chi connectivity index (χ3n) is 2.65. The van der Waals surface area contributed by atoms with Crippen LogP contribution >= 0.6 is 0 Å². The van der Waals surface area contributed by atoms with Gasteiger partial charge in [-0.2, -0.15) is 13.2 Å². The number of hydrogen-bond acceptors (Lipinski definition) is 3. The van der Waals surface area contributed by atoms with Crippen LogP contribution in [0, 0.1) is 6.92 Å². The lowest BCUT2D eigenvalue weighted by Crippen LogP contribution is -2.14. The molecule has 0 spiro atoms. The van der Waals surface area contributed by atoms with Gasteiger partial charge in [-0.15, -0.1) is 0 Å². The topological polar surface area (TPSA) is 78.0 Å². The van der Waals surface area contributed by atoms with Gasteiger partial charge in [-0.25, -0.2) is 4.98 Å². The minimum atomic E-state index is -4.36. The first-order valence-corrected chi connectivity index (χ1v) is 5.96. The lowest BCUT2D eigenvalue weighted by Gasteiger charge is -2.05. The number of aryl methyl sites for hydroxylation is 1. The van der Waals surface area contributed by atoms with Crippen LogP contribution in [0.25, 0.3) is 0 Å². The van der Waals surface area contributed by atoms with Crippen LogP contribution in [0.3, 0.4) is 0 Å². The van der Waals surface area contributed by atoms with E-state index in [0.717, 1.165) is 11.8 Å². The van der Waals surface area contributed by atoms with Gasteiger partial charge in [0.2, 0.25) is 5.95 Å². The third kappa shape index (κ3) is 3.98. The Morgan fingerprint density at radius 3 is 2.76 bits per heavy atom. The quantitative estimate of drug-likeness (QED) is 0.815. The minimum absolute atomic E-state index is 0.00868. The highest BCUT2D eigenvalue weighted by atomic mass is 19.4. The summed E-state index contributed by atoms with van der Waals surface area (Å²) in [5.74, 6) is -0.991. The van der Waals surface area contributed by atoms with E-state index in [1.54, 1.807) is 13.0 Å². The number of aromatic amines is 1. The van der Waals surface area contributed by atoms with E-state index >= 15 is 0 Å². The summed E-state index contributed by atoms with van der Waals surface area (Å²) in [5, 5.41) is 11.9. The zero-order valence-electron chi connectivity index (χ0n) is 11.0. The molecule has 3 N–H and O–H groups in total. The van der Waals surface area contributed by atoms with Gasteiger partial charge in [-0.05, 0) is 24.6 Å². The lowest BCUT2D eigenvalue weighted by atomic mass is 10.1. The van der Waals surface area contributed by atoms with Crippen molar-refractivity contribution >= 4 is 11.9 Å². The molecule has 0 aliphatic heterocycles. The molecule has 21 heavy (non-hydrogen) atoms. The second kappa shape index (κ2) is 5.47. The molecule has 0 unspecified atom stereocenters. The monoisotopic (exact) mass is 299 g/mol. The molecule has 1 aromatic carbocycles. The van der Waals surface area contributed by atoms with Gasteiger partial charge in [0.05, 0.1) is 18.2 Å². The van der Waals surface area contributed by atoms with Crippen LogP contribution in [-0.4, -0.2) is 27.2 Å². The van der Waals surface area contributed by atoms with E-state index in [1.807, 2.05) is 0 Å². The third-order valence-corrected chi connectivity index (χ3v) is 2.65. The summed E-state index contributed by atoms with van der Waals surface area (Å²) < 4.78 is 36.6. The maximum absolute atomic E-state index is 12.2. The lowest BCUT2D eigenvalue weighted by molar-refractivity contribution is -0.127. The van der Waals surface area contributed by atoms with Crippen molar-refractivity contribution < 1.29 is 23.1 Å². The summed E-state index contributed by atoms with van der Waals surface area (Å²) in [7, 11) is 0. The molecule has 1 amide bonds. The molecule has 0 aliphatic rings. The molecule has 112 valence electrons. The van der Waals surface area contributed by atoms with Crippen LogP contribution in [-0.2, 0) is 6.42 Å². The fourth-order valence-electron chi connectivity index (χ4n) is 1.74. The van der Waals surface area contributed by atoms with Crippen LogP contribution in [0.5, 0.6) is 5.75 Å². The van der Waals surface area contributed by atoms with E-state index in [1.165, 1.54) is 12.1 Å². The van der Waals surface area contributed by atoms with Crippen LogP contribution in [0.2, 0.25) is 0 Å². The van der Waals surface area contributed by atoms with E-state index in [2.05, 4.69) is 15.3 Å². The summed E-state index contributed by atoms with van der Waals surface area (Å²) in [5.41, 5.74) is 0.620. The Morgan fingerprint density at radius 2 is 2.14 bits per heavy atom. The van der Waals surface area contributed by atoms with Crippen molar-refractivity contribution in [2.24, 2.45) is 0 Å². The van der Waals surface area contributed by atoms with E-state index in [0.29, 0.717) is 0 Å². The molecule has 1 aromatic heterocycles. The molecule has 1 heterocycles. The first-order chi connectivity index (χ1) is 9.74. The molecule has 0 fully saturated rings. The van der Waals surface area contributed by atoms with Gasteiger partial charge in [0, 0.05) is 5.69 Å². The van der Waals surface area contributed by atoms with Gasteiger partial charge >= 0.3 is 6.18 Å². The Morgan fingerprint density at radius 1 is 1.43 bits per heavy atom. The minimum Gasteiger partial charge on any atom is -0.507 e. The average Bonchev–Trinajstić information content (AvgIpc) is 2.73. The summed E-state index contributed by atoms with van der Waals surface area (Å²) in [4.78, 5) is 17.9. The summed E-state index contributed by atoms with van der Waals surface area (Å²) >= 11 is 0. The van der Waals surface area contributed by atoms with E-state index < -0.39 is 18.5 Å². The number of imidazole rings is 1. The van der Waals surface area contributed by atoms with Gasteiger partial charge in [0.15, 0.2) is 0 Å². The molecule has 0 atom stereocenters. The van der Waals surface area contributed by atoms with E-state index in [4.69, 9.17) is 0 Å². The van der Waals surface area contributed by atoms with Crippen molar-refractivity contribution in [3.05, 3.63) is 41.2 Å². The molecule has 2 rings (SSSR count). The number of carbonyl (C=O) groups is 1. The second-order valence-electron chi connectivity index (χ2n) is 4.52. The van der Waals surface area contributed by atoms with Crippen molar-refractivity contribution in [2.75, 3.05) is 5.32 Å². The number of halogens is 3. The maximum atomic E-state index is 12.2. The van der Waals surface area contributed by atoms with Gasteiger partial charge in [-0.3, -0.25) is 10.1 Å². The second-order valence-corrected chi connectivity index (χ2v) is 4.52. The molecule has 0 saturated carbocycles. The van der Waals surface area contributed by atoms with Crippen molar-refractivity contribution in [2.45, 2.75) is 19.5 Å². The SMILES string of the molecule is Cc1ccc(C(=O)Nc2ncc(CC(F)(F)F)[nH]2)c(O)c1. The summed E-state index contributed by atoms with van der Waals surface area (Å²) in [6.45, 7) is 1.75. The highest BCUT2D eigenvalue weighted by Gasteiger charge is 2.28. The predicted octanol–water partition coefficient (Wildman–Crippen LogP) is 2.78. The van der Waals surface area contributed by atoms with Gasteiger partial charge in [0.1, 0.15) is 5.75 Å². The first-order valence-electron chi connectivity index (χ1n) is 5.96. The van der Waals surface area contributed by atoms with Crippen molar-refractivity contribution in [1.82, 2.24) is 9.97 Å². The number of H-pyrrole nitrogens is 1. The Hall–Kier alpha value is -2.51. The van der Waals surface area contributed by atoms with Crippen LogP contribution in [0.4, 0.5) is 19.1 Å². The van der Waals surface area contributed by atoms with E-state index in [9.17, 15) is 23.1 Å². The van der Waals surface area contributed by atoms with Crippen molar-refractivity contribution in [3.63, 3.8) is 0 Å². The number of rotatable bonds is 3. The number of aromatic nitrogens is 2. The fourth-order valence-corrected chi connectivity index (χ4v) is 1.74. The number of phenols is 1. The molecular formula is C13H12F3N3O2. The summed E-state index contributed by atoms with van der Waals surface area (Å²) in [6, 6.07) is 4.46. The van der Waals surface area contributed by atoms with Gasteiger partial charge < -0.3 is 10.1 Å². The Labute approximate surface area is 117 Å². The Balaban J connectivity index is 2.09. The van der Waals surface area contributed by atoms with Gasteiger partial charge in [-0.1, -0.05) is 6.07 Å². The molecule has 5 nitrogen and oxygen atoms in total. The first kappa shape index (κ1) is 14.9. The number of nitrogens with zero attached hydrogens (tertiary/aromatic N) is 1. The molecule has 2 aromatic rings. The molecular weight excluding hydrogens is 287 g/mol. The number of alkyl halides is 3. The van der Waals surface area contributed by atoms with Crippen molar-refractivity contribution in [1.29, 1.82) is 0 Å². The Bertz CT molecular complexity index is 665. The number of phenolic OH excluding ortho intramolecular Hbond substituents is 1. The number of hydrogen-bond donors (Lipinski definition) is 3. The highest BCUT2D eigenvalue weighted by molar-refractivity contribution is 6.05. The highest BCUT2D eigenvalue weighted by Crippen LogP contribution is 2.22. The summed E-state index contributed by atoms with van der Waals surface area (Å²) in [6.07, 6.45) is -4.52. The van der Waals surface area contributed by atoms with E-state index in [-0.39, 0.29) is 23.0 Å². The van der Waals surface area contributed by atoms with Gasteiger partial charge in [0.25, 0.3) is 5.91 Å². The average molecular weight is 299 g/mol. The zero-order chi connectivity index (χ0) is 15.6.